The number of hydrogen-bond acceptors (Lipinski definition) is 2. The van der Waals surface area contributed by atoms with Gasteiger partial charge in [0.05, 0.1) is 11.1 Å². The second-order valence-electron chi connectivity index (χ2n) is 3.82. The number of anilines is 1. The van der Waals surface area contributed by atoms with E-state index in [1.165, 1.54) is 12.1 Å². The van der Waals surface area contributed by atoms with E-state index in [0.717, 1.165) is 0 Å². The minimum Gasteiger partial charge on any atom is -0.391 e. The Hall–Kier alpha value is -0.800. The van der Waals surface area contributed by atoms with Gasteiger partial charge in [0, 0.05) is 12.2 Å². The van der Waals surface area contributed by atoms with E-state index >= 15 is 0 Å². The Balaban J connectivity index is 2.55. The van der Waals surface area contributed by atoms with Crippen LogP contribution in [-0.4, -0.2) is 17.8 Å². The van der Waals surface area contributed by atoms with E-state index in [-0.39, 0.29) is 10.9 Å². The molecule has 2 nitrogen and oxygen atoms in total. The molecule has 0 aliphatic rings. The van der Waals surface area contributed by atoms with Crippen LogP contribution in [0.4, 0.5) is 10.1 Å². The molecular weight excluding hydrogens is 217 g/mol. The van der Waals surface area contributed by atoms with Gasteiger partial charge in [-0.1, -0.05) is 25.4 Å². The summed E-state index contributed by atoms with van der Waals surface area (Å²) in [7, 11) is 0. The normalized spacial score (nSPS) is 12.9. The average Bonchev–Trinajstić information content (AvgIpc) is 2.19. The second kappa shape index (κ2) is 5.33. The molecule has 0 heterocycles. The van der Waals surface area contributed by atoms with Crippen LogP contribution < -0.4 is 5.32 Å². The number of aliphatic hydroxyl groups is 1. The molecule has 1 aromatic rings. The molecule has 0 saturated carbocycles. The van der Waals surface area contributed by atoms with Gasteiger partial charge in [-0.2, -0.15) is 0 Å². The maximum atomic E-state index is 13.0. The van der Waals surface area contributed by atoms with Gasteiger partial charge < -0.3 is 10.4 Å². The molecule has 15 heavy (non-hydrogen) atoms. The molecule has 0 bridgehead atoms. The molecule has 4 heteroatoms. The molecule has 1 aromatic carbocycles. The van der Waals surface area contributed by atoms with Crippen molar-refractivity contribution in [3.63, 3.8) is 0 Å². The van der Waals surface area contributed by atoms with Crippen molar-refractivity contribution < 1.29 is 9.50 Å². The smallest absolute Gasteiger partial charge is 0.143 e. The first kappa shape index (κ1) is 12.3. The molecule has 0 unspecified atom stereocenters. The summed E-state index contributed by atoms with van der Waals surface area (Å²) in [5.41, 5.74) is 0.622. The highest BCUT2D eigenvalue weighted by Crippen LogP contribution is 2.18. The van der Waals surface area contributed by atoms with Crippen LogP contribution in [0.15, 0.2) is 18.2 Å². The zero-order valence-electron chi connectivity index (χ0n) is 8.80. The summed E-state index contributed by atoms with van der Waals surface area (Å²) in [5.74, 6) is -0.282. The lowest BCUT2D eigenvalue weighted by atomic mass is 10.1. The van der Waals surface area contributed by atoms with E-state index in [0.29, 0.717) is 12.2 Å². The van der Waals surface area contributed by atoms with Crippen LogP contribution in [0, 0.1) is 11.7 Å². The van der Waals surface area contributed by atoms with Gasteiger partial charge in [0.1, 0.15) is 5.82 Å². The molecule has 0 aromatic heterocycles. The van der Waals surface area contributed by atoms with E-state index in [1.54, 1.807) is 6.07 Å². The van der Waals surface area contributed by atoms with Crippen molar-refractivity contribution in [2.45, 2.75) is 20.0 Å². The monoisotopic (exact) mass is 231 g/mol. The predicted molar refractivity (Wildman–Crippen MR) is 60.7 cm³/mol. The summed E-state index contributed by atoms with van der Waals surface area (Å²) in [4.78, 5) is 0. The third-order valence-corrected chi connectivity index (χ3v) is 2.51. The highest BCUT2D eigenvalue weighted by Gasteiger charge is 2.08. The Morgan fingerprint density at radius 2 is 2.13 bits per heavy atom. The van der Waals surface area contributed by atoms with Crippen molar-refractivity contribution in [3.05, 3.63) is 29.0 Å². The summed E-state index contributed by atoms with van der Waals surface area (Å²) in [6.45, 7) is 4.25. The van der Waals surface area contributed by atoms with E-state index in [2.05, 4.69) is 5.32 Å². The van der Waals surface area contributed by atoms with Crippen LogP contribution in [0.3, 0.4) is 0 Å². The lowest BCUT2D eigenvalue weighted by Gasteiger charge is -2.15. The zero-order valence-corrected chi connectivity index (χ0v) is 9.55. The largest absolute Gasteiger partial charge is 0.391 e. The van der Waals surface area contributed by atoms with Crippen molar-refractivity contribution in [2.75, 3.05) is 11.9 Å². The number of hydrogen-bond donors (Lipinski definition) is 2. The highest BCUT2D eigenvalue weighted by atomic mass is 35.5. The molecule has 0 radical (unpaired) electrons. The van der Waals surface area contributed by atoms with Gasteiger partial charge in [0.15, 0.2) is 0 Å². The molecule has 0 aliphatic carbocycles. The summed E-state index contributed by atoms with van der Waals surface area (Å²) in [6, 6.07) is 4.48. The van der Waals surface area contributed by atoms with Gasteiger partial charge in [-0.05, 0) is 24.1 Å². The fourth-order valence-corrected chi connectivity index (χ4v) is 1.18. The zero-order chi connectivity index (χ0) is 11.4. The third kappa shape index (κ3) is 3.68. The molecule has 0 aliphatic heterocycles. The van der Waals surface area contributed by atoms with Crippen LogP contribution in [-0.2, 0) is 0 Å². The molecule has 84 valence electrons. The maximum absolute atomic E-state index is 13.0. The van der Waals surface area contributed by atoms with Crippen molar-refractivity contribution in [1.29, 1.82) is 0 Å². The van der Waals surface area contributed by atoms with Crippen LogP contribution in [0.1, 0.15) is 13.8 Å². The number of halogens is 2. The van der Waals surface area contributed by atoms with E-state index < -0.39 is 11.9 Å². The van der Waals surface area contributed by atoms with Gasteiger partial charge in [-0.15, -0.1) is 0 Å². The van der Waals surface area contributed by atoms with E-state index in [4.69, 9.17) is 11.6 Å². The third-order valence-electron chi connectivity index (χ3n) is 2.20. The Morgan fingerprint density at radius 1 is 1.47 bits per heavy atom. The Labute approximate surface area is 94.1 Å². The summed E-state index contributed by atoms with van der Waals surface area (Å²) in [6.07, 6.45) is -0.441. The topological polar surface area (TPSA) is 32.3 Å². The average molecular weight is 232 g/mol. The van der Waals surface area contributed by atoms with Gasteiger partial charge >= 0.3 is 0 Å². The predicted octanol–water partition coefficient (Wildman–Crippen LogP) is 2.91. The van der Waals surface area contributed by atoms with Crippen LogP contribution in [0.2, 0.25) is 5.02 Å². The summed E-state index contributed by atoms with van der Waals surface area (Å²) in [5, 5.41) is 12.6. The molecule has 0 spiro atoms. The molecule has 2 N–H and O–H groups in total. The van der Waals surface area contributed by atoms with Crippen molar-refractivity contribution >= 4 is 17.3 Å². The van der Waals surface area contributed by atoms with Crippen molar-refractivity contribution in [3.8, 4) is 0 Å². The lowest BCUT2D eigenvalue weighted by Crippen LogP contribution is -2.24. The molecule has 1 atom stereocenters. The number of aliphatic hydroxyl groups excluding tert-OH is 1. The molecule has 1 rings (SSSR count). The van der Waals surface area contributed by atoms with Crippen molar-refractivity contribution in [1.82, 2.24) is 0 Å². The van der Waals surface area contributed by atoms with Gasteiger partial charge in [-0.3, -0.25) is 0 Å². The van der Waals surface area contributed by atoms with Crippen LogP contribution in [0.5, 0.6) is 0 Å². The number of nitrogens with one attached hydrogen (secondary N) is 1. The van der Waals surface area contributed by atoms with Crippen LogP contribution >= 0.6 is 11.6 Å². The fraction of sp³-hybridized carbons (Fsp3) is 0.455. The summed E-state index contributed by atoms with van der Waals surface area (Å²) >= 11 is 5.54. The first-order chi connectivity index (χ1) is 7.00. The number of rotatable bonds is 4. The maximum Gasteiger partial charge on any atom is 0.143 e. The minimum atomic E-state index is -0.458. The van der Waals surface area contributed by atoms with Gasteiger partial charge in [-0.25, -0.2) is 4.39 Å². The number of benzene rings is 1. The highest BCUT2D eigenvalue weighted by molar-refractivity contribution is 6.30. The summed E-state index contributed by atoms with van der Waals surface area (Å²) < 4.78 is 13.0. The first-order valence-electron chi connectivity index (χ1n) is 4.87. The molecule has 0 amide bonds. The van der Waals surface area contributed by atoms with E-state index in [9.17, 15) is 9.50 Å². The first-order valence-corrected chi connectivity index (χ1v) is 5.25. The van der Waals surface area contributed by atoms with E-state index in [1.807, 2.05) is 13.8 Å². The van der Waals surface area contributed by atoms with Crippen LogP contribution in [0.25, 0.3) is 0 Å². The lowest BCUT2D eigenvalue weighted by molar-refractivity contribution is 0.138. The Kier molecular flexibility index (Phi) is 4.36. The Bertz CT molecular complexity index is 330. The SMILES string of the molecule is CC(C)[C@@H](O)CNc1ccc(Cl)c(F)c1. The van der Waals surface area contributed by atoms with Gasteiger partial charge in [0.2, 0.25) is 0 Å². The minimum absolute atomic E-state index is 0.102. The molecular formula is C11H15ClFNO. The second-order valence-corrected chi connectivity index (χ2v) is 4.23. The Morgan fingerprint density at radius 3 is 2.67 bits per heavy atom. The molecule has 0 fully saturated rings. The fourth-order valence-electron chi connectivity index (χ4n) is 1.06. The standard InChI is InChI=1S/C11H15ClFNO/c1-7(2)11(15)6-14-8-3-4-9(12)10(13)5-8/h3-5,7,11,14-15H,6H2,1-2H3/t11-/m0/s1. The van der Waals surface area contributed by atoms with Gasteiger partial charge in [0.25, 0.3) is 0 Å². The quantitative estimate of drug-likeness (QED) is 0.835. The van der Waals surface area contributed by atoms with Crippen molar-refractivity contribution in [2.24, 2.45) is 5.92 Å². The molecule has 0 saturated heterocycles.